The van der Waals surface area contributed by atoms with Crippen LogP contribution in [0.1, 0.15) is 39.0 Å². The maximum Gasteiger partial charge on any atom is 0.209 e. The summed E-state index contributed by atoms with van der Waals surface area (Å²) in [6.45, 7) is 2.28. The lowest BCUT2D eigenvalue weighted by molar-refractivity contribution is 0.308. The molecule has 2 aliphatic carbocycles. The molecule has 13 heavy (non-hydrogen) atoms. The van der Waals surface area contributed by atoms with Crippen molar-refractivity contribution in [3.8, 4) is 0 Å². The average Bonchev–Trinajstić information content (AvgIpc) is 2.43. The van der Waals surface area contributed by atoms with Crippen molar-refractivity contribution in [2.75, 3.05) is 0 Å². The normalized spacial score (nSPS) is 44.1. The van der Waals surface area contributed by atoms with Gasteiger partial charge in [-0.15, -0.1) is 0 Å². The predicted octanol–water partition coefficient (Wildman–Crippen LogP) is 2.87. The van der Waals surface area contributed by atoms with E-state index in [2.05, 4.69) is 25.4 Å². The third-order valence-electron chi connectivity index (χ3n) is 3.70. The highest BCUT2D eigenvalue weighted by Gasteiger charge is 2.42. The van der Waals surface area contributed by atoms with Gasteiger partial charge in [-0.1, -0.05) is 25.5 Å². The van der Waals surface area contributed by atoms with Gasteiger partial charge in [0, 0.05) is 0 Å². The molecule has 0 saturated heterocycles. The van der Waals surface area contributed by atoms with Crippen molar-refractivity contribution >= 4 is 6.29 Å². The first-order valence-corrected chi connectivity index (χ1v) is 5.34. The van der Waals surface area contributed by atoms with Gasteiger partial charge in [0.1, 0.15) is 0 Å². The standard InChI is InChI=1S/C12H17O/c1-10-4-2-6-12(9-13)7-3-5-11(12)8-10/h2,6,10-11H,3-5,7-8H2,1H3. The molecule has 3 atom stereocenters. The number of carbonyl (C=O) groups excluding carboxylic acids is 1. The van der Waals surface area contributed by atoms with Crippen molar-refractivity contribution in [1.29, 1.82) is 0 Å². The summed E-state index contributed by atoms with van der Waals surface area (Å²) in [5, 5.41) is 0. The van der Waals surface area contributed by atoms with E-state index in [9.17, 15) is 4.79 Å². The topological polar surface area (TPSA) is 17.1 Å². The van der Waals surface area contributed by atoms with E-state index in [1.165, 1.54) is 19.3 Å². The number of fused-ring (bicyclic) bond motifs is 1. The van der Waals surface area contributed by atoms with Crippen LogP contribution in [0.5, 0.6) is 0 Å². The van der Waals surface area contributed by atoms with Crippen molar-refractivity contribution in [2.45, 2.75) is 39.0 Å². The number of hydrogen-bond donors (Lipinski definition) is 0. The molecule has 0 bridgehead atoms. The highest BCUT2D eigenvalue weighted by Crippen LogP contribution is 2.48. The second-order valence-corrected chi connectivity index (χ2v) is 4.71. The number of allylic oxidation sites excluding steroid dienone is 2. The molecule has 3 unspecified atom stereocenters. The summed E-state index contributed by atoms with van der Waals surface area (Å²) in [6.07, 6.45) is 12.5. The van der Waals surface area contributed by atoms with E-state index in [4.69, 9.17) is 0 Å². The van der Waals surface area contributed by atoms with Gasteiger partial charge in [-0.25, -0.2) is 0 Å². The molecule has 1 fully saturated rings. The van der Waals surface area contributed by atoms with Crippen LogP contribution in [0, 0.1) is 17.3 Å². The highest BCUT2D eigenvalue weighted by molar-refractivity contribution is 5.65. The van der Waals surface area contributed by atoms with Crippen molar-refractivity contribution in [3.63, 3.8) is 0 Å². The van der Waals surface area contributed by atoms with Crippen LogP contribution in [-0.2, 0) is 4.79 Å². The molecule has 1 radical (unpaired) electrons. The quantitative estimate of drug-likeness (QED) is 0.563. The number of hydrogen-bond acceptors (Lipinski definition) is 1. The van der Waals surface area contributed by atoms with E-state index in [0.717, 1.165) is 18.8 Å². The minimum absolute atomic E-state index is 0.190. The third kappa shape index (κ3) is 1.45. The minimum atomic E-state index is -0.190. The zero-order valence-corrected chi connectivity index (χ0v) is 8.25. The minimum Gasteiger partial charge on any atom is -0.290 e. The molecule has 0 aromatic carbocycles. The fourth-order valence-electron chi connectivity index (χ4n) is 2.91. The average molecular weight is 177 g/mol. The Morgan fingerprint density at radius 3 is 3.15 bits per heavy atom. The first-order valence-electron chi connectivity index (χ1n) is 5.34. The van der Waals surface area contributed by atoms with E-state index in [1.54, 1.807) is 0 Å². The predicted molar refractivity (Wildman–Crippen MR) is 53.0 cm³/mol. The maximum absolute atomic E-state index is 11.0. The Balaban J connectivity index is 2.26. The fraction of sp³-hybridized carbons (Fsp3) is 0.750. The molecule has 0 spiro atoms. The summed E-state index contributed by atoms with van der Waals surface area (Å²) in [6, 6.07) is 0. The molecule has 0 N–H and O–H groups in total. The van der Waals surface area contributed by atoms with Crippen LogP contribution in [0.2, 0.25) is 0 Å². The van der Waals surface area contributed by atoms with Gasteiger partial charge in [-0.3, -0.25) is 4.79 Å². The molecule has 0 aromatic heterocycles. The van der Waals surface area contributed by atoms with Crippen molar-refractivity contribution in [3.05, 3.63) is 12.2 Å². The summed E-state index contributed by atoms with van der Waals surface area (Å²) in [5.41, 5.74) is -0.190. The molecule has 2 aliphatic rings. The molecule has 1 nitrogen and oxygen atoms in total. The maximum atomic E-state index is 11.0. The van der Waals surface area contributed by atoms with Gasteiger partial charge in [0.15, 0.2) is 0 Å². The Hall–Kier alpha value is -0.590. The van der Waals surface area contributed by atoms with Gasteiger partial charge in [-0.2, -0.15) is 0 Å². The Morgan fingerprint density at radius 1 is 1.54 bits per heavy atom. The summed E-state index contributed by atoms with van der Waals surface area (Å²) >= 11 is 0. The first kappa shape index (κ1) is 8.98. The lowest BCUT2D eigenvalue weighted by atomic mass is 9.77. The molecule has 1 saturated carbocycles. The van der Waals surface area contributed by atoms with E-state index < -0.39 is 0 Å². The van der Waals surface area contributed by atoms with E-state index in [1.807, 2.05) is 0 Å². The van der Waals surface area contributed by atoms with Crippen molar-refractivity contribution in [1.82, 2.24) is 0 Å². The second kappa shape index (κ2) is 3.28. The zero-order chi connectivity index (χ0) is 9.31. The Bertz CT molecular complexity index is 231. The summed E-state index contributed by atoms with van der Waals surface area (Å²) in [5.74, 6) is 1.33. The Morgan fingerprint density at radius 2 is 2.38 bits per heavy atom. The molecule has 0 aromatic rings. The van der Waals surface area contributed by atoms with Crippen LogP contribution >= 0.6 is 0 Å². The van der Waals surface area contributed by atoms with E-state index >= 15 is 0 Å². The van der Waals surface area contributed by atoms with Gasteiger partial charge in [0.05, 0.1) is 5.41 Å². The number of rotatable bonds is 1. The summed E-state index contributed by atoms with van der Waals surface area (Å²) < 4.78 is 0. The molecule has 1 heteroatoms. The summed E-state index contributed by atoms with van der Waals surface area (Å²) in [4.78, 5) is 11.0. The lowest BCUT2D eigenvalue weighted by Gasteiger charge is -2.25. The molecule has 71 valence electrons. The fourth-order valence-corrected chi connectivity index (χ4v) is 2.91. The monoisotopic (exact) mass is 177 g/mol. The van der Waals surface area contributed by atoms with Crippen molar-refractivity contribution < 1.29 is 4.79 Å². The van der Waals surface area contributed by atoms with Gasteiger partial charge >= 0.3 is 0 Å². The van der Waals surface area contributed by atoms with Gasteiger partial charge in [0.25, 0.3) is 0 Å². The second-order valence-electron chi connectivity index (χ2n) is 4.71. The van der Waals surface area contributed by atoms with E-state index in [0.29, 0.717) is 5.92 Å². The van der Waals surface area contributed by atoms with Crippen LogP contribution in [0.3, 0.4) is 0 Å². The summed E-state index contributed by atoms with van der Waals surface area (Å²) in [7, 11) is 0. The molecule has 0 heterocycles. The van der Waals surface area contributed by atoms with Crippen LogP contribution in [0.25, 0.3) is 0 Å². The van der Waals surface area contributed by atoms with Crippen LogP contribution in [0.15, 0.2) is 12.2 Å². The van der Waals surface area contributed by atoms with Crippen LogP contribution < -0.4 is 0 Å². The van der Waals surface area contributed by atoms with E-state index in [-0.39, 0.29) is 5.41 Å². The largest absolute Gasteiger partial charge is 0.290 e. The molecular formula is C12H17O. The Kier molecular flexibility index (Phi) is 2.27. The smallest absolute Gasteiger partial charge is 0.209 e. The molecule has 2 rings (SSSR count). The molecule has 0 amide bonds. The van der Waals surface area contributed by atoms with Crippen molar-refractivity contribution in [2.24, 2.45) is 17.3 Å². The highest BCUT2D eigenvalue weighted by atomic mass is 16.1. The lowest BCUT2D eigenvalue weighted by Crippen LogP contribution is -2.24. The van der Waals surface area contributed by atoms with Gasteiger partial charge < -0.3 is 0 Å². The molecular weight excluding hydrogens is 160 g/mol. The molecule has 0 aliphatic heterocycles. The zero-order valence-electron chi connectivity index (χ0n) is 8.25. The van der Waals surface area contributed by atoms with Gasteiger partial charge in [-0.05, 0) is 37.5 Å². The first-order chi connectivity index (χ1) is 6.27. The Labute approximate surface area is 80.2 Å². The third-order valence-corrected chi connectivity index (χ3v) is 3.70. The van der Waals surface area contributed by atoms with Crippen LogP contribution in [0.4, 0.5) is 0 Å². The SMILES string of the molecule is CC1CC=CC2([C]=O)CCCC2C1. The van der Waals surface area contributed by atoms with Crippen LogP contribution in [-0.4, -0.2) is 6.29 Å². The van der Waals surface area contributed by atoms with Gasteiger partial charge in [0.2, 0.25) is 6.29 Å².